The summed E-state index contributed by atoms with van der Waals surface area (Å²) in [5, 5.41) is 7.22. The molecule has 1 fully saturated rings. The first-order valence-electron chi connectivity index (χ1n) is 10.4. The van der Waals surface area contributed by atoms with E-state index in [9.17, 15) is 19.2 Å². The van der Waals surface area contributed by atoms with Gasteiger partial charge < -0.3 is 5.32 Å². The number of urea groups is 1. The fourth-order valence-electron chi connectivity index (χ4n) is 3.68. The van der Waals surface area contributed by atoms with Crippen LogP contribution in [0.1, 0.15) is 22.5 Å². The minimum Gasteiger partial charge on any atom is -0.321 e. The Balaban J connectivity index is 1.48. The van der Waals surface area contributed by atoms with E-state index >= 15 is 0 Å². The molecule has 0 saturated carbocycles. The van der Waals surface area contributed by atoms with Gasteiger partial charge in [0, 0.05) is 0 Å². The molecule has 0 radical (unpaired) electrons. The lowest BCUT2D eigenvalue weighted by molar-refractivity contribution is -0.143. The molecule has 1 aliphatic heterocycles. The summed E-state index contributed by atoms with van der Waals surface area (Å²) < 4.78 is 1.71. The Hall–Kier alpha value is -4.27. The summed E-state index contributed by atoms with van der Waals surface area (Å²) >= 11 is 0. The van der Waals surface area contributed by atoms with Gasteiger partial charge >= 0.3 is 17.8 Å². The first-order chi connectivity index (χ1) is 15.8. The largest absolute Gasteiger partial charge is 0.335 e. The van der Waals surface area contributed by atoms with Crippen LogP contribution in [-0.2, 0) is 20.9 Å². The molecule has 0 aliphatic carbocycles. The Morgan fingerprint density at radius 3 is 2.18 bits per heavy atom. The monoisotopic (exact) mass is 445 g/mol. The van der Waals surface area contributed by atoms with Gasteiger partial charge in [-0.15, -0.1) is 0 Å². The Bertz CT molecular complexity index is 1250. The smallest absolute Gasteiger partial charge is 0.321 e. The number of aryl methyl sites for hydroxylation is 2. The molecule has 0 atom stereocenters. The Morgan fingerprint density at radius 2 is 1.52 bits per heavy atom. The first kappa shape index (κ1) is 21.9. The lowest BCUT2D eigenvalue weighted by Gasteiger charge is -2.15. The summed E-state index contributed by atoms with van der Waals surface area (Å²) in [6.45, 7) is 4.95. The van der Waals surface area contributed by atoms with Gasteiger partial charge in [-0.3, -0.25) is 19.3 Å². The third-order valence-electron chi connectivity index (χ3n) is 5.45. The van der Waals surface area contributed by atoms with Crippen molar-refractivity contribution < 1.29 is 19.2 Å². The van der Waals surface area contributed by atoms with E-state index in [4.69, 9.17) is 0 Å². The van der Waals surface area contributed by atoms with Crippen molar-refractivity contribution in [2.24, 2.45) is 0 Å². The molecule has 1 saturated heterocycles. The number of hydrogen-bond acceptors (Lipinski definition) is 5. The fourth-order valence-corrected chi connectivity index (χ4v) is 3.68. The summed E-state index contributed by atoms with van der Waals surface area (Å²) in [6, 6.07) is 15.8. The highest BCUT2D eigenvalue weighted by molar-refractivity contribution is 6.45. The Kier molecular flexibility index (Phi) is 5.78. The lowest BCUT2D eigenvalue weighted by Crippen LogP contribution is -2.39. The summed E-state index contributed by atoms with van der Waals surface area (Å²) in [7, 11) is 0. The second kappa shape index (κ2) is 8.70. The van der Waals surface area contributed by atoms with Gasteiger partial charge in [-0.25, -0.2) is 14.4 Å². The number of hydrogen-bond donors (Lipinski definition) is 1. The molecule has 1 aliphatic rings. The van der Waals surface area contributed by atoms with Crippen molar-refractivity contribution in [3.63, 3.8) is 0 Å². The molecule has 9 nitrogen and oxygen atoms in total. The zero-order valence-electron chi connectivity index (χ0n) is 18.5. The van der Waals surface area contributed by atoms with Gasteiger partial charge in [-0.2, -0.15) is 5.10 Å². The van der Waals surface area contributed by atoms with Crippen LogP contribution in [0, 0.1) is 20.8 Å². The van der Waals surface area contributed by atoms with Crippen LogP contribution in [0.15, 0.2) is 54.6 Å². The van der Waals surface area contributed by atoms with E-state index in [1.54, 1.807) is 35.9 Å². The highest BCUT2D eigenvalue weighted by Gasteiger charge is 2.45. The van der Waals surface area contributed by atoms with Crippen LogP contribution in [0.4, 0.5) is 10.5 Å². The molecule has 1 N–H and O–H groups in total. The third kappa shape index (κ3) is 4.25. The normalized spacial score (nSPS) is 13.7. The third-order valence-corrected chi connectivity index (χ3v) is 5.45. The number of carbonyl (C=O) groups is 4. The molecule has 4 rings (SSSR count). The molecule has 168 valence electrons. The fraction of sp³-hybridized carbons (Fsp3) is 0.208. The highest BCUT2D eigenvalue weighted by atomic mass is 16.2. The van der Waals surface area contributed by atoms with Crippen molar-refractivity contribution in [1.29, 1.82) is 0 Å². The van der Waals surface area contributed by atoms with Crippen molar-refractivity contribution in [1.82, 2.24) is 19.6 Å². The number of anilines is 1. The van der Waals surface area contributed by atoms with Gasteiger partial charge in [-0.1, -0.05) is 48.0 Å². The van der Waals surface area contributed by atoms with E-state index in [-0.39, 0.29) is 6.54 Å². The molecule has 0 spiro atoms. The average Bonchev–Trinajstić information content (AvgIpc) is 3.18. The van der Waals surface area contributed by atoms with Crippen molar-refractivity contribution in [3.05, 3.63) is 77.1 Å². The Morgan fingerprint density at radius 1 is 0.879 bits per heavy atom. The van der Waals surface area contributed by atoms with Crippen LogP contribution < -0.4 is 5.32 Å². The van der Waals surface area contributed by atoms with E-state index < -0.39 is 30.3 Å². The maximum Gasteiger partial charge on any atom is 0.335 e. The quantitative estimate of drug-likeness (QED) is 0.464. The number of imide groups is 2. The van der Waals surface area contributed by atoms with Gasteiger partial charge in [-0.05, 0) is 38.5 Å². The van der Waals surface area contributed by atoms with Crippen LogP contribution in [0.25, 0.3) is 5.69 Å². The number of nitrogens with one attached hydrogen (secondary N) is 1. The van der Waals surface area contributed by atoms with Crippen LogP contribution in [-0.4, -0.2) is 49.9 Å². The summed E-state index contributed by atoms with van der Waals surface area (Å²) in [6.07, 6.45) is 0. The number of carbonyl (C=O) groups excluding carboxylic acids is 4. The standard InChI is InChI=1S/C24H23N5O4/c1-15-9-11-19(12-10-15)29-17(3)21(16(2)26-29)25-20(30)14-28-23(32)22(31)27(24(28)33)13-18-7-5-4-6-8-18/h4-12H,13-14H2,1-3H3,(H,25,30). The van der Waals surface area contributed by atoms with Gasteiger partial charge in [0.2, 0.25) is 5.91 Å². The van der Waals surface area contributed by atoms with Gasteiger partial charge in [0.05, 0.1) is 29.3 Å². The number of benzene rings is 2. The van der Waals surface area contributed by atoms with Crippen LogP contribution in [0.3, 0.4) is 0 Å². The molecule has 2 aromatic carbocycles. The van der Waals surface area contributed by atoms with Crippen molar-refractivity contribution in [3.8, 4) is 5.69 Å². The zero-order valence-corrected chi connectivity index (χ0v) is 18.5. The van der Waals surface area contributed by atoms with E-state index in [0.29, 0.717) is 27.5 Å². The molecular formula is C24H23N5O4. The highest BCUT2D eigenvalue weighted by Crippen LogP contribution is 2.23. The summed E-state index contributed by atoms with van der Waals surface area (Å²) in [5.41, 5.74) is 4.44. The van der Waals surface area contributed by atoms with Gasteiger partial charge in [0.25, 0.3) is 0 Å². The number of nitrogens with zero attached hydrogens (tertiary/aromatic N) is 4. The van der Waals surface area contributed by atoms with Crippen molar-refractivity contribution >= 4 is 29.4 Å². The average molecular weight is 445 g/mol. The lowest BCUT2D eigenvalue weighted by atomic mass is 10.2. The molecule has 3 aromatic rings. The Labute approximate surface area is 190 Å². The summed E-state index contributed by atoms with van der Waals surface area (Å²) in [4.78, 5) is 51.6. The molecule has 0 bridgehead atoms. The molecular weight excluding hydrogens is 422 g/mol. The maximum atomic E-state index is 12.7. The van der Waals surface area contributed by atoms with Crippen LogP contribution in [0.2, 0.25) is 0 Å². The first-order valence-corrected chi connectivity index (χ1v) is 10.4. The predicted octanol–water partition coefficient (Wildman–Crippen LogP) is 2.73. The second-order valence-corrected chi connectivity index (χ2v) is 7.89. The number of aromatic nitrogens is 2. The molecule has 1 aromatic heterocycles. The topological polar surface area (TPSA) is 105 Å². The molecule has 2 heterocycles. The second-order valence-electron chi connectivity index (χ2n) is 7.89. The van der Waals surface area contributed by atoms with Gasteiger partial charge in [0.1, 0.15) is 6.54 Å². The minimum absolute atomic E-state index is 0.0378. The minimum atomic E-state index is -1.02. The van der Waals surface area contributed by atoms with Gasteiger partial charge in [0.15, 0.2) is 0 Å². The van der Waals surface area contributed by atoms with Crippen LogP contribution in [0.5, 0.6) is 0 Å². The molecule has 33 heavy (non-hydrogen) atoms. The van der Waals surface area contributed by atoms with Crippen molar-refractivity contribution in [2.45, 2.75) is 27.3 Å². The zero-order chi connectivity index (χ0) is 23.7. The van der Waals surface area contributed by atoms with Crippen LogP contribution >= 0.6 is 0 Å². The molecule has 5 amide bonds. The van der Waals surface area contributed by atoms with E-state index in [0.717, 1.165) is 16.2 Å². The number of rotatable bonds is 6. The van der Waals surface area contributed by atoms with Crippen molar-refractivity contribution in [2.75, 3.05) is 11.9 Å². The number of amides is 5. The maximum absolute atomic E-state index is 12.7. The molecule has 9 heteroatoms. The SMILES string of the molecule is Cc1ccc(-n2nc(C)c(NC(=O)CN3C(=O)C(=O)N(Cc4ccccc4)C3=O)c2C)cc1. The van der Waals surface area contributed by atoms with E-state index in [1.165, 1.54) is 0 Å². The molecule has 0 unspecified atom stereocenters. The van der Waals surface area contributed by atoms with E-state index in [2.05, 4.69) is 10.4 Å². The predicted molar refractivity (Wildman–Crippen MR) is 121 cm³/mol. The summed E-state index contributed by atoms with van der Waals surface area (Å²) in [5.74, 6) is -2.56. The van der Waals surface area contributed by atoms with E-state index in [1.807, 2.05) is 44.2 Å².